The Bertz CT molecular complexity index is 279. The Labute approximate surface area is 79.3 Å². The molecule has 76 valence electrons. The standard InChI is InChI=1S/C7H15N3O2S/c1-6(2)9-13(11,12)10-7(3)4-5-8/h6-7,9-10H,4H2,1-3H3. The molecule has 0 spiro atoms. The quantitative estimate of drug-likeness (QED) is 0.669. The molecule has 0 saturated heterocycles. The second kappa shape index (κ2) is 5.17. The Morgan fingerprint density at radius 2 is 1.85 bits per heavy atom. The van der Waals surface area contributed by atoms with Crippen molar-refractivity contribution in [3.8, 4) is 6.07 Å². The molecular formula is C7H15N3O2S. The second-order valence-corrected chi connectivity index (χ2v) is 4.64. The van der Waals surface area contributed by atoms with Gasteiger partial charge in [-0.05, 0) is 20.8 Å². The van der Waals surface area contributed by atoms with Gasteiger partial charge in [0, 0.05) is 12.1 Å². The van der Waals surface area contributed by atoms with E-state index in [-0.39, 0.29) is 18.5 Å². The molecule has 0 aliphatic heterocycles. The van der Waals surface area contributed by atoms with Crippen LogP contribution < -0.4 is 9.44 Å². The zero-order valence-corrected chi connectivity index (χ0v) is 8.85. The van der Waals surface area contributed by atoms with Crippen molar-refractivity contribution < 1.29 is 8.42 Å². The zero-order valence-electron chi connectivity index (χ0n) is 8.03. The average molecular weight is 205 g/mol. The van der Waals surface area contributed by atoms with E-state index < -0.39 is 10.2 Å². The fourth-order valence-corrected chi connectivity index (χ4v) is 2.09. The van der Waals surface area contributed by atoms with Crippen LogP contribution in [0, 0.1) is 11.3 Å². The Morgan fingerprint density at radius 1 is 1.31 bits per heavy atom. The maximum Gasteiger partial charge on any atom is 0.277 e. The van der Waals surface area contributed by atoms with Crippen LogP contribution in [-0.2, 0) is 10.2 Å². The molecule has 0 saturated carbocycles. The van der Waals surface area contributed by atoms with Gasteiger partial charge in [0.1, 0.15) is 0 Å². The highest BCUT2D eigenvalue weighted by atomic mass is 32.2. The highest BCUT2D eigenvalue weighted by Gasteiger charge is 2.14. The van der Waals surface area contributed by atoms with Gasteiger partial charge in [-0.1, -0.05) is 0 Å². The van der Waals surface area contributed by atoms with Crippen molar-refractivity contribution in [1.82, 2.24) is 9.44 Å². The van der Waals surface area contributed by atoms with Crippen molar-refractivity contribution in [2.24, 2.45) is 0 Å². The summed E-state index contributed by atoms with van der Waals surface area (Å²) in [6.07, 6.45) is 0.166. The molecule has 5 nitrogen and oxygen atoms in total. The number of hydrogen-bond acceptors (Lipinski definition) is 3. The van der Waals surface area contributed by atoms with E-state index in [2.05, 4.69) is 9.44 Å². The highest BCUT2D eigenvalue weighted by molar-refractivity contribution is 7.87. The average Bonchev–Trinajstić information content (AvgIpc) is 1.81. The number of nitrogens with zero attached hydrogens (tertiary/aromatic N) is 1. The van der Waals surface area contributed by atoms with Gasteiger partial charge in [0.2, 0.25) is 0 Å². The molecule has 13 heavy (non-hydrogen) atoms. The van der Waals surface area contributed by atoms with Crippen molar-refractivity contribution in [2.45, 2.75) is 39.3 Å². The van der Waals surface area contributed by atoms with E-state index >= 15 is 0 Å². The van der Waals surface area contributed by atoms with Crippen LogP contribution in [0.15, 0.2) is 0 Å². The van der Waals surface area contributed by atoms with Crippen LogP contribution in [0.1, 0.15) is 27.2 Å². The van der Waals surface area contributed by atoms with Crippen LogP contribution in [0.3, 0.4) is 0 Å². The summed E-state index contributed by atoms with van der Waals surface area (Å²) in [6.45, 7) is 5.10. The normalized spacial score (nSPS) is 14.1. The van der Waals surface area contributed by atoms with Gasteiger partial charge in [0.25, 0.3) is 10.2 Å². The molecule has 1 unspecified atom stereocenters. The molecule has 0 rings (SSSR count). The summed E-state index contributed by atoms with van der Waals surface area (Å²) < 4.78 is 27.1. The van der Waals surface area contributed by atoms with E-state index in [1.54, 1.807) is 20.8 Å². The van der Waals surface area contributed by atoms with E-state index in [4.69, 9.17) is 5.26 Å². The second-order valence-electron chi connectivity index (χ2n) is 3.16. The minimum atomic E-state index is -3.45. The first-order chi connectivity index (χ1) is 5.87. The number of nitrogens with one attached hydrogen (secondary N) is 2. The molecule has 0 bridgehead atoms. The lowest BCUT2D eigenvalue weighted by molar-refractivity contribution is 0.539. The number of nitriles is 1. The molecule has 0 aromatic rings. The van der Waals surface area contributed by atoms with E-state index in [1.165, 1.54) is 0 Å². The summed E-state index contributed by atoms with van der Waals surface area (Å²) in [4.78, 5) is 0. The summed E-state index contributed by atoms with van der Waals surface area (Å²) in [6, 6.07) is 1.38. The third-order valence-corrected chi connectivity index (χ3v) is 2.64. The van der Waals surface area contributed by atoms with Gasteiger partial charge in [-0.2, -0.15) is 23.1 Å². The lowest BCUT2D eigenvalue weighted by Gasteiger charge is -2.13. The first-order valence-electron chi connectivity index (χ1n) is 4.04. The summed E-state index contributed by atoms with van der Waals surface area (Å²) >= 11 is 0. The van der Waals surface area contributed by atoms with Gasteiger partial charge >= 0.3 is 0 Å². The molecule has 0 fully saturated rings. The molecular weight excluding hydrogens is 190 g/mol. The van der Waals surface area contributed by atoms with Crippen LogP contribution in [0.4, 0.5) is 0 Å². The third kappa shape index (κ3) is 6.51. The van der Waals surface area contributed by atoms with E-state index in [0.717, 1.165) is 0 Å². The predicted molar refractivity (Wildman–Crippen MR) is 50.0 cm³/mol. The largest absolute Gasteiger partial charge is 0.277 e. The van der Waals surface area contributed by atoms with E-state index in [0.29, 0.717) is 0 Å². The summed E-state index contributed by atoms with van der Waals surface area (Å²) in [5.74, 6) is 0. The zero-order chi connectivity index (χ0) is 10.5. The van der Waals surface area contributed by atoms with Gasteiger partial charge in [-0.25, -0.2) is 0 Å². The van der Waals surface area contributed by atoms with Crippen molar-refractivity contribution >= 4 is 10.2 Å². The van der Waals surface area contributed by atoms with Crippen LogP contribution in [0.25, 0.3) is 0 Å². The van der Waals surface area contributed by atoms with E-state index in [9.17, 15) is 8.42 Å². The molecule has 6 heteroatoms. The highest BCUT2D eigenvalue weighted by Crippen LogP contribution is 1.92. The van der Waals surface area contributed by atoms with Crippen molar-refractivity contribution in [2.75, 3.05) is 0 Å². The Balaban J connectivity index is 4.12. The lowest BCUT2D eigenvalue weighted by Crippen LogP contribution is -2.44. The van der Waals surface area contributed by atoms with Crippen LogP contribution in [0.2, 0.25) is 0 Å². The Hall–Kier alpha value is -0.640. The Kier molecular flexibility index (Phi) is 4.91. The molecule has 0 amide bonds. The van der Waals surface area contributed by atoms with Gasteiger partial charge in [-0.15, -0.1) is 0 Å². The van der Waals surface area contributed by atoms with Gasteiger partial charge in [-0.3, -0.25) is 0 Å². The van der Waals surface area contributed by atoms with Gasteiger partial charge in [0.05, 0.1) is 12.5 Å². The monoisotopic (exact) mass is 205 g/mol. The third-order valence-electron chi connectivity index (χ3n) is 1.14. The fraction of sp³-hybridized carbons (Fsp3) is 0.857. The van der Waals surface area contributed by atoms with Crippen LogP contribution in [0.5, 0.6) is 0 Å². The molecule has 0 aromatic carbocycles. The SMILES string of the molecule is CC(C)NS(=O)(=O)NC(C)CC#N. The maximum absolute atomic E-state index is 11.2. The molecule has 0 aliphatic carbocycles. The maximum atomic E-state index is 11.2. The van der Waals surface area contributed by atoms with Crippen molar-refractivity contribution in [3.05, 3.63) is 0 Å². The minimum absolute atomic E-state index is 0.146. The smallest absolute Gasteiger partial charge is 0.200 e. The van der Waals surface area contributed by atoms with Crippen LogP contribution in [-0.4, -0.2) is 20.5 Å². The number of rotatable bonds is 5. The number of hydrogen-bond donors (Lipinski definition) is 2. The predicted octanol–water partition coefficient (Wildman–Crippen LogP) is 0.121. The van der Waals surface area contributed by atoms with Gasteiger partial charge in [0.15, 0.2) is 0 Å². The first-order valence-corrected chi connectivity index (χ1v) is 5.52. The molecule has 0 aromatic heterocycles. The van der Waals surface area contributed by atoms with Crippen molar-refractivity contribution in [1.29, 1.82) is 5.26 Å². The fourth-order valence-electron chi connectivity index (χ4n) is 0.788. The molecule has 1 atom stereocenters. The molecule has 0 heterocycles. The first kappa shape index (κ1) is 12.4. The topological polar surface area (TPSA) is 82.0 Å². The summed E-state index contributed by atoms with van der Waals surface area (Å²) in [5.41, 5.74) is 0. The molecule has 0 aliphatic rings. The molecule has 2 N–H and O–H groups in total. The van der Waals surface area contributed by atoms with Crippen LogP contribution >= 0.6 is 0 Å². The summed E-state index contributed by atoms with van der Waals surface area (Å²) in [7, 11) is -3.45. The van der Waals surface area contributed by atoms with E-state index in [1.807, 2.05) is 6.07 Å². The van der Waals surface area contributed by atoms with Crippen molar-refractivity contribution in [3.63, 3.8) is 0 Å². The lowest BCUT2D eigenvalue weighted by atomic mass is 10.3. The minimum Gasteiger partial charge on any atom is -0.200 e. The molecule has 0 radical (unpaired) electrons. The summed E-state index contributed by atoms with van der Waals surface area (Å²) in [5, 5.41) is 8.31. The van der Waals surface area contributed by atoms with Gasteiger partial charge < -0.3 is 0 Å². The Morgan fingerprint density at radius 3 is 2.23 bits per heavy atom.